The van der Waals surface area contributed by atoms with Crippen molar-refractivity contribution in [2.75, 3.05) is 29.0 Å². The van der Waals surface area contributed by atoms with Crippen LogP contribution in [-0.2, 0) is 22.3 Å². The number of nitrogens with zero attached hydrogens (tertiary/aromatic N) is 1. The van der Waals surface area contributed by atoms with E-state index in [9.17, 15) is 19.2 Å². The maximum Gasteiger partial charge on any atom is 0.412 e. The summed E-state index contributed by atoms with van der Waals surface area (Å²) in [5.74, 6) is -0.0979. The zero-order valence-corrected chi connectivity index (χ0v) is 30.6. The lowest BCUT2D eigenvalue weighted by Gasteiger charge is -2.35. The van der Waals surface area contributed by atoms with Crippen LogP contribution in [0.5, 0.6) is 0 Å². The Kier molecular flexibility index (Phi) is 11.6. The minimum atomic E-state index is -0.670. The van der Waals surface area contributed by atoms with E-state index in [0.29, 0.717) is 36.4 Å². The van der Waals surface area contributed by atoms with Crippen LogP contribution in [0.2, 0.25) is 0 Å². The van der Waals surface area contributed by atoms with E-state index in [0.717, 1.165) is 43.4 Å². The van der Waals surface area contributed by atoms with Crippen LogP contribution in [0.3, 0.4) is 0 Å². The van der Waals surface area contributed by atoms with Gasteiger partial charge in [0, 0.05) is 24.3 Å². The monoisotopic (exact) mass is 697 g/mol. The van der Waals surface area contributed by atoms with E-state index in [1.54, 1.807) is 62.1 Å². The van der Waals surface area contributed by atoms with E-state index in [2.05, 4.69) is 33.4 Å². The third kappa shape index (κ3) is 11.0. The van der Waals surface area contributed by atoms with E-state index in [-0.39, 0.29) is 30.0 Å². The van der Waals surface area contributed by atoms with Gasteiger partial charge in [-0.25, -0.2) is 14.4 Å². The lowest BCUT2D eigenvalue weighted by Crippen LogP contribution is -2.42. The van der Waals surface area contributed by atoms with Crippen LogP contribution in [0.15, 0.2) is 66.7 Å². The molecule has 1 atom stereocenters. The summed E-state index contributed by atoms with van der Waals surface area (Å²) in [6.45, 7) is 12.1. The summed E-state index contributed by atoms with van der Waals surface area (Å²) in [5.41, 5.74) is 4.25. The molecule has 1 aliphatic heterocycles. The molecule has 11 nitrogen and oxygen atoms in total. The molecule has 1 saturated heterocycles. The van der Waals surface area contributed by atoms with Gasteiger partial charge in [0.25, 0.3) is 5.91 Å². The fourth-order valence-corrected chi connectivity index (χ4v) is 6.44. The Hall–Kier alpha value is -5.06. The molecule has 272 valence electrons. The van der Waals surface area contributed by atoms with Crippen molar-refractivity contribution in [3.8, 4) is 0 Å². The van der Waals surface area contributed by atoms with Gasteiger partial charge in [-0.05, 0) is 139 Å². The van der Waals surface area contributed by atoms with Crippen LogP contribution in [-0.4, -0.2) is 53.3 Å². The summed E-state index contributed by atoms with van der Waals surface area (Å²) in [5, 5.41) is 11.8. The first kappa shape index (κ1) is 37.2. The number of carbonyl (C=O) groups excluding carboxylic acids is 4. The predicted molar refractivity (Wildman–Crippen MR) is 199 cm³/mol. The highest BCUT2D eigenvalue weighted by molar-refractivity contribution is 6.07. The smallest absolute Gasteiger partial charge is 0.412 e. The highest BCUT2D eigenvalue weighted by atomic mass is 16.6. The van der Waals surface area contributed by atoms with Gasteiger partial charge < -0.3 is 30.3 Å². The van der Waals surface area contributed by atoms with Crippen molar-refractivity contribution < 1.29 is 28.7 Å². The lowest BCUT2D eigenvalue weighted by molar-refractivity contribution is 0.0178. The van der Waals surface area contributed by atoms with Gasteiger partial charge >= 0.3 is 18.2 Å². The Balaban J connectivity index is 1.27. The quantitative estimate of drug-likeness (QED) is 0.186. The average Bonchev–Trinajstić information content (AvgIpc) is 3.52. The van der Waals surface area contributed by atoms with Crippen molar-refractivity contribution in [1.29, 1.82) is 0 Å². The minimum Gasteiger partial charge on any atom is -0.444 e. The van der Waals surface area contributed by atoms with Gasteiger partial charge in [0.15, 0.2) is 0 Å². The lowest BCUT2D eigenvalue weighted by atomic mass is 9.87. The highest BCUT2D eigenvalue weighted by Crippen LogP contribution is 2.31. The van der Waals surface area contributed by atoms with Crippen LogP contribution in [0, 0.1) is 5.92 Å². The topological polar surface area (TPSA) is 138 Å². The Labute approximate surface area is 300 Å². The van der Waals surface area contributed by atoms with Crippen LogP contribution in [0.4, 0.5) is 31.4 Å². The van der Waals surface area contributed by atoms with E-state index in [1.165, 1.54) is 11.1 Å². The van der Waals surface area contributed by atoms with Crippen molar-refractivity contribution in [2.45, 2.75) is 97.3 Å². The number of carbonyl (C=O) groups is 4. The molecule has 3 aromatic carbocycles. The molecular weight excluding hydrogens is 646 g/mol. The molecule has 1 heterocycles. The number of piperidine rings is 1. The third-order valence-electron chi connectivity index (χ3n) is 8.88. The number of anilines is 3. The number of fused-ring (bicyclic) bond motifs is 1. The first-order valence-electron chi connectivity index (χ1n) is 17.8. The summed E-state index contributed by atoms with van der Waals surface area (Å²) >= 11 is 0. The molecule has 0 radical (unpaired) electrons. The number of benzene rings is 3. The van der Waals surface area contributed by atoms with E-state index < -0.39 is 17.3 Å². The largest absolute Gasteiger partial charge is 0.444 e. The fourth-order valence-electron chi connectivity index (χ4n) is 6.44. The standard InChI is InChI=1S/C40H51N5O6/c1-39(2,3)50-37(48)44-33-13-8-7-12-32(33)42-35(46)29-16-14-28(15-17-29)34(24-26-20-22-45(23-21-26)38(49)51-40(4,5)6)43-36(47)41-31-19-18-27-10-9-11-30(27)25-31/h7-8,12-19,25-26,34H,9-11,20-24H2,1-6H3,(H,42,46)(H,44,48)(H2,41,43,47). The zero-order valence-electron chi connectivity index (χ0n) is 30.6. The molecule has 0 spiro atoms. The molecule has 4 N–H and O–H groups in total. The van der Waals surface area contributed by atoms with E-state index >= 15 is 0 Å². The van der Waals surface area contributed by atoms with Crippen molar-refractivity contribution in [1.82, 2.24) is 10.2 Å². The maximum atomic E-state index is 13.4. The molecule has 5 rings (SSSR count). The number of ether oxygens (including phenoxy) is 2. The van der Waals surface area contributed by atoms with Crippen LogP contribution in [0.1, 0.15) is 100 Å². The molecule has 0 bridgehead atoms. The van der Waals surface area contributed by atoms with Crippen molar-refractivity contribution >= 4 is 41.2 Å². The summed E-state index contributed by atoms with van der Waals surface area (Å²) < 4.78 is 10.9. The Morgan fingerprint density at radius 3 is 2.04 bits per heavy atom. The summed E-state index contributed by atoms with van der Waals surface area (Å²) in [4.78, 5) is 53.5. The second-order valence-electron chi connectivity index (χ2n) is 15.4. The molecule has 1 aliphatic carbocycles. The normalized spacial score (nSPS) is 15.3. The van der Waals surface area contributed by atoms with Crippen molar-refractivity contribution in [3.63, 3.8) is 0 Å². The SMILES string of the molecule is CC(C)(C)OC(=O)Nc1ccccc1NC(=O)c1ccc(C(CC2CCN(C(=O)OC(C)(C)C)CC2)NC(=O)Nc2ccc3c(c2)CCC3)cc1. The second-order valence-corrected chi connectivity index (χ2v) is 15.4. The molecule has 5 amide bonds. The number of para-hydroxylation sites is 2. The first-order chi connectivity index (χ1) is 24.1. The van der Waals surface area contributed by atoms with E-state index in [4.69, 9.17) is 9.47 Å². The Bertz CT molecular complexity index is 1720. The molecule has 1 unspecified atom stereocenters. The second kappa shape index (κ2) is 15.9. The van der Waals surface area contributed by atoms with Crippen molar-refractivity contribution in [2.24, 2.45) is 5.92 Å². The number of nitrogens with one attached hydrogen (secondary N) is 4. The minimum absolute atomic E-state index is 0.255. The van der Waals surface area contributed by atoms with E-state index in [1.807, 2.05) is 39.0 Å². The number of hydrogen-bond acceptors (Lipinski definition) is 6. The fraction of sp³-hybridized carbons (Fsp3) is 0.450. The van der Waals surface area contributed by atoms with Gasteiger partial charge in [0.2, 0.25) is 0 Å². The number of urea groups is 1. The molecule has 11 heteroatoms. The predicted octanol–water partition coefficient (Wildman–Crippen LogP) is 8.67. The maximum absolute atomic E-state index is 13.4. The van der Waals surface area contributed by atoms with Gasteiger partial charge in [-0.2, -0.15) is 0 Å². The Morgan fingerprint density at radius 1 is 0.765 bits per heavy atom. The van der Waals surface area contributed by atoms with Gasteiger partial charge in [0.1, 0.15) is 11.2 Å². The number of amides is 5. The number of rotatable bonds is 8. The zero-order chi connectivity index (χ0) is 36.8. The first-order valence-corrected chi connectivity index (χ1v) is 17.8. The summed E-state index contributed by atoms with van der Waals surface area (Å²) in [7, 11) is 0. The molecule has 0 aromatic heterocycles. The molecule has 0 saturated carbocycles. The highest BCUT2D eigenvalue weighted by Gasteiger charge is 2.29. The Morgan fingerprint density at radius 2 is 1.39 bits per heavy atom. The van der Waals surface area contributed by atoms with Crippen LogP contribution >= 0.6 is 0 Å². The van der Waals surface area contributed by atoms with Gasteiger partial charge in [0.05, 0.1) is 17.4 Å². The number of hydrogen-bond donors (Lipinski definition) is 4. The van der Waals surface area contributed by atoms with Gasteiger partial charge in [-0.1, -0.05) is 30.3 Å². The molecule has 51 heavy (non-hydrogen) atoms. The molecule has 1 fully saturated rings. The van der Waals surface area contributed by atoms with Gasteiger partial charge in [-0.15, -0.1) is 0 Å². The number of aryl methyl sites for hydroxylation is 2. The van der Waals surface area contributed by atoms with Crippen LogP contribution in [0.25, 0.3) is 0 Å². The molecule has 2 aliphatic rings. The third-order valence-corrected chi connectivity index (χ3v) is 8.88. The summed E-state index contributed by atoms with van der Waals surface area (Å²) in [6, 6.07) is 19.5. The number of likely N-dealkylation sites (tertiary alicyclic amines) is 1. The molecule has 3 aromatic rings. The van der Waals surface area contributed by atoms with Crippen molar-refractivity contribution in [3.05, 3.63) is 89.0 Å². The van der Waals surface area contributed by atoms with Crippen LogP contribution < -0.4 is 21.3 Å². The summed E-state index contributed by atoms with van der Waals surface area (Å²) in [6.07, 6.45) is 4.51. The van der Waals surface area contributed by atoms with Gasteiger partial charge in [-0.3, -0.25) is 10.1 Å². The average molecular weight is 698 g/mol. The molecular formula is C40H51N5O6.